The number of hydrogen-bond acceptors (Lipinski definition) is 8. The molecule has 28 heavy (non-hydrogen) atoms. The number of ketones is 2. The van der Waals surface area contributed by atoms with Crippen LogP contribution in [-0.2, 0) is 20.2 Å². The third-order valence-corrected chi connectivity index (χ3v) is 8.64. The van der Waals surface area contributed by atoms with Gasteiger partial charge in [-0.25, -0.2) is 0 Å². The smallest absolute Gasteiger partial charge is 0.288 e. The molecule has 8 nitrogen and oxygen atoms in total. The first kappa shape index (κ1) is 19.4. The minimum atomic E-state index is -5.11. The van der Waals surface area contributed by atoms with Gasteiger partial charge in [-0.2, -0.15) is 16.8 Å². The van der Waals surface area contributed by atoms with E-state index in [2.05, 4.69) is 0 Å². The van der Waals surface area contributed by atoms with E-state index in [4.69, 9.17) is 0 Å². The summed E-state index contributed by atoms with van der Waals surface area (Å²) in [5, 5.41) is 0. The number of fused-ring (bicyclic) bond motifs is 2. The van der Waals surface area contributed by atoms with E-state index in [1.54, 1.807) is 24.3 Å². The van der Waals surface area contributed by atoms with Crippen molar-refractivity contribution >= 4 is 55.3 Å². The van der Waals surface area contributed by atoms with E-state index in [0.717, 1.165) is 23.9 Å². The first-order valence-electron chi connectivity index (χ1n) is 7.40. The lowest BCUT2D eigenvalue weighted by atomic mass is 10.1. The van der Waals surface area contributed by atoms with Crippen LogP contribution in [0.3, 0.4) is 0 Å². The Morgan fingerprint density at radius 3 is 1.93 bits per heavy atom. The van der Waals surface area contributed by atoms with Crippen LogP contribution in [0, 0.1) is 0 Å². The molecular weight excluding hydrogens is 448 g/mol. The van der Waals surface area contributed by atoms with Gasteiger partial charge in [-0.05, 0) is 24.3 Å². The maximum Gasteiger partial charge on any atom is 0.297 e. The average molecular weight is 457 g/mol. The van der Waals surface area contributed by atoms with Gasteiger partial charge in [0.1, 0.15) is 9.79 Å². The van der Waals surface area contributed by atoms with Gasteiger partial charge < -0.3 is 0 Å². The SMILES string of the molecule is O=C1C(=C2Sc3c(ccc(S(=O)(=O)O)c3S(=O)(=O)O)C2=O)Sc2ccccc21. The summed E-state index contributed by atoms with van der Waals surface area (Å²) >= 11 is 1.62. The number of thioether (sulfide) groups is 2. The quantitative estimate of drug-likeness (QED) is 0.511. The van der Waals surface area contributed by atoms with Crippen molar-refractivity contribution in [3.05, 3.63) is 57.3 Å². The molecule has 0 saturated heterocycles. The minimum Gasteiger partial charge on any atom is -0.288 e. The van der Waals surface area contributed by atoms with Crippen LogP contribution >= 0.6 is 23.5 Å². The summed E-state index contributed by atoms with van der Waals surface area (Å²) in [5.74, 6) is -1.08. The van der Waals surface area contributed by atoms with Crippen LogP contribution in [0.1, 0.15) is 20.7 Å². The number of benzene rings is 2. The first-order valence-corrected chi connectivity index (χ1v) is 11.9. The Balaban J connectivity index is 1.95. The predicted molar refractivity (Wildman–Crippen MR) is 99.9 cm³/mol. The Morgan fingerprint density at radius 2 is 1.32 bits per heavy atom. The van der Waals surface area contributed by atoms with Crippen molar-refractivity contribution in [2.45, 2.75) is 19.6 Å². The van der Waals surface area contributed by atoms with Crippen molar-refractivity contribution in [1.82, 2.24) is 0 Å². The van der Waals surface area contributed by atoms with Crippen molar-refractivity contribution in [3.63, 3.8) is 0 Å². The van der Waals surface area contributed by atoms with Gasteiger partial charge in [-0.1, -0.05) is 35.7 Å². The standard InChI is InChI=1S/C16H8O8S4/c17-11-7-3-1-2-4-9(7)25-14(11)15-12(18)8-5-6-10(27(19,20)21)16(13(8)26-15)28(22,23)24/h1-6H,(H,19,20,21)(H,22,23,24). The molecule has 12 heteroatoms. The normalized spacial score (nSPS) is 19.1. The second-order valence-corrected chi connectivity index (χ2v) is 10.6. The summed E-state index contributed by atoms with van der Waals surface area (Å²) in [6.07, 6.45) is 0. The lowest BCUT2D eigenvalue weighted by Gasteiger charge is -2.08. The average Bonchev–Trinajstić information content (AvgIpc) is 3.10. The van der Waals surface area contributed by atoms with Gasteiger partial charge >= 0.3 is 0 Å². The molecule has 0 saturated carbocycles. The second kappa shape index (κ2) is 6.27. The van der Waals surface area contributed by atoms with Gasteiger partial charge in [0.25, 0.3) is 20.2 Å². The number of allylic oxidation sites excluding steroid dienone is 2. The second-order valence-electron chi connectivity index (χ2n) is 5.74. The fourth-order valence-electron chi connectivity index (χ4n) is 2.86. The summed E-state index contributed by atoms with van der Waals surface area (Å²) in [6.45, 7) is 0. The third-order valence-electron chi connectivity index (χ3n) is 4.02. The lowest BCUT2D eigenvalue weighted by molar-refractivity contribution is 0.101. The Bertz CT molecular complexity index is 1340. The van der Waals surface area contributed by atoms with E-state index in [1.807, 2.05) is 0 Å². The molecule has 4 rings (SSSR count). The van der Waals surface area contributed by atoms with Crippen LogP contribution in [0.2, 0.25) is 0 Å². The highest BCUT2D eigenvalue weighted by molar-refractivity contribution is 8.09. The Hall–Kier alpha value is -1.96. The molecule has 0 radical (unpaired) electrons. The topological polar surface area (TPSA) is 143 Å². The number of Topliss-reactive ketones (excluding diaryl/α,β-unsaturated/α-hetero) is 2. The summed E-state index contributed by atoms with van der Waals surface area (Å²) in [6, 6.07) is 8.44. The summed E-state index contributed by atoms with van der Waals surface area (Å²) in [4.78, 5) is 23.6. The number of carbonyl (C=O) groups is 2. The van der Waals surface area contributed by atoms with Crippen LogP contribution in [0.5, 0.6) is 0 Å². The minimum absolute atomic E-state index is 0.0708. The zero-order valence-electron chi connectivity index (χ0n) is 13.4. The summed E-state index contributed by atoms with van der Waals surface area (Å²) in [7, 11) is -10.1. The number of hydrogen-bond donors (Lipinski definition) is 2. The van der Waals surface area contributed by atoms with Gasteiger partial charge in [-0.15, -0.1) is 0 Å². The van der Waals surface area contributed by atoms with Crippen molar-refractivity contribution < 1.29 is 35.5 Å². The van der Waals surface area contributed by atoms with Crippen LogP contribution in [-0.4, -0.2) is 37.5 Å². The zero-order chi connectivity index (χ0) is 20.4. The highest BCUT2D eigenvalue weighted by atomic mass is 32.2. The van der Waals surface area contributed by atoms with E-state index in [9.17, 15) is 35.5 Å². The van der Waals surface area contributed by atoms with Crippen molar-refractivity contribution in [1.29, 1.82) is 0 Å². The highest BCUT2D eigenvalue weighted by Gasteiger charge is 2.40. The van der Waals surface area contributed by atoms with Crippen molar-refractivity contribution in [2.24, 2.45) is 0 Å². The van der Waals surface area contributed by atoms with Crippen molar-refractivity contribution in [3.8, 4) is 0 Å². The molecule has 0 spiro atoms. The zero-order valence-corrected chi connectivity index (χ0v) is 16.7. The van der Waals surface area contributed by atoms with Gasteiger partial charge in [-0.3, -0.25) is 18.7 Å². The molecular formula is C16H8O8S4. The molecule has 2 aromatic carbocycles. The monoisotopic (exact) mass is 456 g/mol. The predicted octanol–water partition coefficient (Wildman–Crippen LogP) is 2.67. The molecule has 0 unspecified atom stereocenters. The van der Waals surface area contributed by atoms with Crippen LogP contribution in [0.15, 0.2) is 65.8 Å². The Kier molecular flexibility index (Phi) is 4.34. The molecule has 0 amide bonds. The molecule has 0 fully saturated rings. The molecule has 2 aliphatic heterocycles. The van der Waals surface area contributed by atoms with Crippen LogP contribution in [0.25, 0.3) is 0 Å². The highest BCUT2D eigenvalue weighted by Crippen LogP contribution is 2.51. The Labute approximate surface area is 167 Å². The fourth-order valence-corrected chi connectivity index (χ4v) is 7.58. The molecule has 0 bridgehead atoms. The van der Waals surface area contributed by atoms with Gasteiger partial charge in [0.05, 0.1) is 9.81 Å². The van der Waals surface area contributed by atoms with E-state index < -0.39 is 41.6 Å². The first-order chi connectivity index (χ1) is 13.0. The van der Waals surface area contributed by atoms with E-state index in [0.29, 0.717) is 22.2 Å². The molecule has 2 heterocycles. The largest absolute Gasteiger partial charge is 0.297 e. The maximum absolute atomic E-state index is 12.8. The molecule has 2 aromatic rings. The van der Waals surface area contributed by atoms with Crippen LogP contribution < -0.4 is 0 Å². The van der Waals surface area contributed by atoms with Crippen LogP contribution in [0.4, 0.5) is 0 Å². The molecule has 2 N–H and O–H groups in total. The van der Waals surface area contributed by atoms with E-state index in [1.165, 1.54) is 0 Å². The number of carbonyl (C=O) groups excluding carboxylic acids is 2. The fraction of sp³-hybridized carbons (Fsp3) is 0. The molecule has 144 valence electrons. The van der Waals surface area contributed by atoms with E-state index >= 15 is 0 Å². The Morgan fingerprint density at radius 1 is 0.714 bits per heavy atom. The molecule has 0 aromatic heterocycles. The molecule has 0 aliphatic carbocycles. The summed E-state index contributed by atoms with van der Waals surface area (Å²) < 4.78 is 65.5. The van der Waals surface area contributed by atoms with Gasteiger partial charge in [0.15, 0.2) is 0 Å². The van der Waals surface area contributed by atoms with Crippen molar-refractivity contribution in [2.75, 3.05) is 0 Å². The van der Waals surface area contributed by atoms with Gasteiger partial charge in [0, 0.05) is 20.9 Å². The summed E-state index contributed by atoms with van der Waals surface area (Å²) in [5.41, 5.74) is 0.213. The van der Waals surface area contributed by atoms with E-state index in [-0.39, 0.29) is 20.3 Å². The maximum atomic E-state index is 12.8. The molecule has 0 atom stereocenters. The molecule has 2 aliphatic rings. The van der Waals surface area contributed by atoms with Gasteiger partial charge in [0.2, 0.25) is 11.6 Å². The lowest BCUT2D eigenvalue weighted by Crippen LogP contribution is -2.10. The number of rotatable bonds is 2. The third kappa shape index (κ3) is 2.93.